The molecule has 24 heavy (non-hydrogen) atoms. The quantitative estimate of drug-likeness (QED) is 0.878. The molecule has 2 fully saturated rings. The molecule has 6 heteroatoms. The van der Waals surface area contributed by atoms with Gasteiger partial charge in [-0.1, -0.05) is 30.7 Å². The van der Waals surface area contributed by atoms with Crippen LogP contribution >= 0.6 is 11.6 Å². The van der Waals surface area contributed by atoms with E-state index < -0.39 is 11.9 Å². The van der Waals surface area contributed by atoms with Gasteiger partial charge in [0.15, 0.2) is 0 Å². The van der Waals surface area contributed by atoms with Crippen LogP contribution in [0.2, 0.25) is 5.02 Å². The fourth-order valence-corrected chi connectivity index (χ4v) is 3.83. The molecule has 1 saturated heterocycles. The van der Waals surface area contributed by atoms with Gasteiger partial charge in [-0.2, -0.15) is 0 Å². The van der Waals surface area contributed by atoms with Gasteiger partial charge >= 0.3 is 12.0 Å². The van der Waals surface area contributed by atoms with E-state index in [0.29, 0.717) is 25.4 Å². The first-order valence-electron chi connectivity index (χ1n) is 8.46. The molecule has 1 aromatic carbocycles. The topological polar surface area (TPSA) is 69.6 Å². The first-order chi connectivity index (χ1) is 11.4. The summed E-state index contributed by atoms with van der Waals surface area (Å²) in [4.78, 5) is 25.3. The fraction of sp³-hybridized carbons (Fsp3) is 0.556. The SMILES string of the molecule is CC1CC(C(=O)O)CN(C(=O)NC2CC(c3ccc(Cl)cc3)C2)C1. The normalized spacial score (nSPS) is 29.7. The van der Waals surface area contributed by atoms with Crippen LogP contribution in [0.1, 0.15) is 37.7 Å². The van der Waals surface area contributed by atoms with E-state index in [1.165, 1.54) is 5.56 Å². The number of hydrogen-bond donors (Lipinski definition) is 2. The van der Waals surface area contributed by atoms with Crippen molar-refractivity contribution in [3.05, 3.63) is 34.9 Å². The summed E-state index contributed by atoms with van der Waals surface area (Å²) in [6, 6.07) is 7.89. The summed E-state index contributed by atoms with van der Waals surface area (Å²) >= 11 is 5.90. The summed E-state index contributed by atoms with van der Waals surface area (Å²) < 4.78 is 0. The minimum atomic E-state index is -0.814. The van der Waals surface area contributed by atoms with Gasteiger partial charge in [-0.25, -0.2) is 4.79 Å². The van der Waals surface area contributed by atoms with E-state index in [-0.39, 0.29) is 18.0 Å². The maximum absolute atomic E-state index is 12.4. The second kappa shape index (κ2) is 7.01. The third-order valence-electron chi connectivity index (χ3n) is 5.10. The second-order valence-corrected chi connectivity index (χ2v) is 7.58. The Hall–Kier alpha value is -1.75. The van der Waals surface area contributed by atoms with Gasteiger partial charge in [-0.05, 0) is 48.8 Å². The van der Waals surface area contributed by atoms with Crippen molar-refractivity contribution in [2.45, 2.75) is 38.1 Å². The second-order valence-electron chi connectivity index (χ2n) is 7.15. The maximum Gasteiger partial charge on any atom is 0.317 e. The van der Waals surface area contributed by atoms with E-state index in [9.17, 15) is 14.7 Å². The van der Waals surface area contributed by atoms with Crippen LogP contribution in [0.5, 0.6) is 0 Å². The number of halogens is 1. The molecule has 2 amide bonds. The monoisotopic (exact) mass is 350 g/mol. The molecule has 130 valence electrons. The predicted octanol–water partition coefficient (Wildman–Crippen LogP) is 3.34. The van der Waals surface area contributed by atoms with Crippen LogP contribution in [-0.2, 0) is 4.79 Å². The Bertz CT molecular complexity index is 613. The van der Waals surface area contributed by atoms with Gasteiger partial charge in [0.05, 0.1) is 5.92 Å². The standard InChI is InChI=1S/C18H23ClN2O3/c1-11-6-14(17(22)23)10-21(9-11)18(24)20-16-7-13(8-16)12-2-4-15(19)5-3-12/h2-5,11,13-14,16H,6-10H2,1H3,(H,20,24)(H,22,23). The van der Waals surface area contributed by atoms with Crippen molar-refractivity contribution in [1.29, 1.82) is 0 Å². The number of carbonyl (C=O) groups is 2. The third kappa shape index (κ3) is 3.83. The Balaban J connectivity index is 1.49. The number of hydrogen-bond acceptors (Lipinski definition) is 2. The average molecular weight is 351 g/mol. The highest BCUT2D eigenvalue weighted by molar-refractivity contribution is 6.30. The molecule has 1 aromatic rings. The van der Waals surface area contributed by atoms with Crippen LogP contribution in [0.3, 0.4) is 0 Å². The lowest BCUT2D eigenvalue weighted by Gasteiger charge is -2.40. The van der Waals surface area contributed by atoms with Gasteiger partial charge in [-0.15, -0.1) is 0 Å². The first-order valence-corrected chi connectivity index (χ1v) is 8.84. The Morgan fingerprint density at radius 1 is 1.17 bits per heavy atom. The molecule has 2 atom stereocenters. The van der Waals surface area contributed by atoms with E-state index >= 15 is 0 Å². The van der Waals surface area contributed by atoms with E-state index in [0.717, 1.165) is 17.9 Å². The van der Waals surface area contributed by atoms with Gasteiger partial charge in [0, 0.05) is 24.2 Å². The van der Waals surface area contributed by atoms with Crippen LogP contribution in [0, 0.1) is 11.8 Å². The molecule has 1 heterocycles. The average Bonchev–Trinajstić information content (AvgIpc) is 2.50. The Morgan fingerprint density at radius 3 is 2.46 bits per heavy atom. The number of benzene rings is 1. The van der Waals surface area contributed by atoms with E-state index in [1.807, 2.05) is 31.2 Å². The van der Waals surface area contributed by atoms with Crippen molar-refractivity contribution in [1.82, 2.24) is 10.2 Å². The number of carboxylic acids is 1. The summed E-state index contributed by atoms with van der Waals surface area (Å²) in [5, 5.41) is 13.0. The molecule has 2 N–H and O–H groups in total. The predicted molar refractivity (Wildman–Crippen MR) is 92.2 cm³/mol. The Kier molecular flexibility index (Phi) is 4.99. The number of nitrogens with one attached hydrogen (secondary N) is 1. The minimum absolute atomic E-state index is 0.132. The minimum Gasteiger partial charge on any atom is -0.481 e. The van der Waals surface area contributed by atoms with Crippen molar-refractivity contribution in [3.8, 4) is 0 Å². The van der Waals surface area contributed by atoms with Crippen LogP contribution in [0.4, 0.5) is 4.79 Å². The van der Waals surface area contributed by atoms with Gasteiger partial charge < -0.3 is 15.3 Å². The van der Waals surface area contributed by atoms with Crippen molar-refractivity contribution in [2.75, 3.05) is 13.1 Å². The van der Waals surface area contributed by atoms with Crippen molar-refractivity contribution in [3.63, 3.8) is 0 Å². The molecule has 2 unspecified atom stereocenters. The van der Waals surface area contributed by atoms with Gasteiger partial charge in [-0.3, -0.25) is 4.79 Å². The largest absolute Gasteiger partial charge is 0.481 e. The highest BCUT2D eigenvalue weighted by atomic mass is 35.5. The molecular formula is C18H23ClN2O3. The van der Waals surface area contributed by atoms with E-state index in [2.05, 4.69) is 5.32 Å². The molecule has 0 spiro atoms. The zero-order valence-electron chi connectivity index (χ0n) is 13.7. The highest BCUT2D eigenvalue weighted by Gasteiger charge is 2.35. The summed E-state index contributed by atoms with van der Waals surface area (Å²) in [5.74, 6) is -0.595. The maximum atomic E-state index is 12.4. The number of carboxylic acid groups (broad SMARTS) is 1. The van der Waals surface area contributed by atoms with Gasteiger partial charge in [0.1, 0.15) is 0 Å². The van der Waals surface area contributed by atoms with E-state index in [4.69, 9.17) is 11.6 Å². The number of likely N-dealkylation sites (tertiary alicyclic amines) is 1. The lowest BCUT2D eigenvalue weighted by atomic mass is 9.76. The molecule has 1 saturated carbocycles. The number of rotatable bonds is 3. The van der Waals surface area contributed by atoms with E-state index in [1.54, 1.807) is 4.90 Å². The molecule has 5 nitrogen and oxygen atoms in total. The van der Waals surface area contributed by atoms with Crippen LogP contribution in [0.25, 0.3) is 0 Å². The number of urea groups is 1. The molecule has 0 radical (unpaired) electrons. The molecule has 0 aromatic heterocycles. The van der Waals surface area contributed by atoms with Gasteiger partial charge in [0.25, 0.3) is 0 Å². The molecule has 1 aliphatic carbocycles. The Labute approximate surface area is 147 Å². The number of carbonyl (C=O) groups excluding carboxylic acids is 1. The molecule has 3 rings (SSSR count). The third-order valence-corrected chi connectivity index (χ3v) is 5.36. The molecule has 2 aliphatic rings. The smallest absolute Gasteiger partial charge is 0.317 e. The first kappa shape index (κ1) is 17.1. The number of piperidine rings is 1. The van der Waals surface area contributed by atoms with Crippen molar-refractivity contribution >= 4 is 23.6 Å². The van der Waals surface area contributed by atoms with Crippen molar-refractivity contribution < 1.29 is 14.7 Å². The number of nitrogens with zero attached hydrogens (tertiary/aromatic N) is 1. The fourth-order valence-electron chi connectivity index (χ4n) is 3.71. The summed E-state index contributed by atoms with van der Waals surface area (Å²) in [5.41, 5.74) is 1.25. The molecule has 0 bridgehead atoms. The summed E-state index contributed by atoms with van der Waals surface area (Å²) in [7, 11) is 0. The molecule has 1 aliphatic heterocycles. The Morgan fingerprint density at radius 2 is 1.83 bits per heavy atom. The zero-order chi connectivity index (χ0) is 17.3. The van der Waals surface area contributed by atoms with Crippen LogP contribution < -0.4 is 5.32 Å². The van der Waals surface area contributed by atoms with Crippen molar-refractivity contribution in [2.24, 2.45) is 11.8 Å². The van der Waals surface area contributed by atoms with Crippen LogP contribution in [-0.4, -0.2) is 41.1 Å². The van der Waals surface area contributed by atoms with Gasteiger partial charge in [0.2, 0.25) is 0 Å². The summed E-state index contributed by atoms with van der Waals surface area (Å²) in [6.07, 6.45) is 2.47. The lowest BCUT2D eigenvalue weighted by Crippen LogP contribution is -2.53. The van der Waals surface area contributed by atoms with Crippen LogP contribution in [0.15, 0.2) is 24.3 Å². The number of amides is 2. The zero-order valence-corrected chi connectivity index (χ0v) is 14.5. The molecular weight excluding hydrogens is 328 g/mol. The highest BCUT2D eigenvalue weighted by Crippen LogP contribution is 2.37. The summed E-state index contributed by atoms with van der Waals surface area (Å²) in [6.45, 7) is 2.93. The number of aliphatic carboxylic acids is 1. The lowest BCUT2D eigenvalue weighted by molar-refractivity contribution is -0.143.